The highest BCUT2D eigenvalue weighted by atomic mass is 16.6. The second-order valence-corrected chi connectivity index (χ2v) is 6.70. The van der Waals surface area contributed by atoms with Crippen LogP contribution in [0.15, 0.2) is 24.3 Å². The molecule has 114 valence electrons. The van der Waals surface area contributed by atoms with Crippen LogP contribution in [0.1, 0.15) is 32.3 Å². The highest BCUT2D eigenvalue weighted by Gasteiger charge is 2.57. The molecule has 1 aliphatic heterocycles. The Kier molecular flexibility index (Phi) is 3.71. The summed E-state index contributed by atoms with van der Waals surface area (Å²) in [6.45, 7) is 6.15. The van der Waals surface area contributed by atoms with E-state index in [-0.39, 0.29) is 16.0 Å². The molecule has 0 amide bonds. The maximum absolute atomic E-state index is 10.7. The molecule has 0 aromatic heterocycles. The molecule has 0 bridgehead atoms. The monoisotopic (exact) mass is 290 g/mol. The molecule has 1 aliphatic carbocycles. The SMILES string of the molecule is CC1(C)C(NCc2ccc([N+](=O)[O-])cc2)C2CCCOC21. The van der Waals surface area contributed by atoms with Gasteiger partial charge in [-0.05, 0) is 18.4 Å². The van der Waals surface area contributed by atoms with Crippen molar-refractivity contribution in [3.05, 3.63) is 39.9 Å². The van der Waals surface area contributed by atoms with Crippen LogP contribution in [0.5, 0.6) is 0 Å². The van der Waals surface area contributed by atoms with Crippen molar-refractivity contribution in [2.45, 2.75) is 45.4 Å². The van der Waals surface area contributed by atoms with Gasteiger partial charge in [0.2, 0.25) is 0 Å². The zero-order valence-corrected chi connectivity index (χ0v) is 12.5. The fourth-order valence-electron chi connectivity index (χ4n) is 3.90. The first-order valence-corrected chi connectivity index (χ1v) is 7.58. The van der Waals surface area contributed by atoms with Crippen LogP contribution < -0.4 is 5.32 Å². The molecule has 21 heavy (non-hydrogen) atoms. The molecular weight excluding hydrogens is 268 g/mol. The number of nitrogens with zero attached hydrogens (tertiary/aromatic N) is 1. The number of rotatable bonds is 4. The number of fused-ring (bicyclic) bond motifs is 1. The number of benzene rings is 1. The smallest absolute Gasteiger partial charge is 0.269 e. The molecule has 1 aromatic carbocycles. The Morgan fingerprint density at radius 1 is 1.38 bits per heavy atom. The fraction of sp³-hybridized carbons (Fsp3) is 0.625. The van der Waals surface area contributed by atoms with Gasteiger partial charge < -0.3 is 10.1 Å². The standard InChI is InChI=1S/C16H22N2O3/c1-16(2)14(13-4-3-9-21-15(13)16)17-10-11-5-7-12(8-6-11)18(19)20/h5-8,13-15,17H,3-4,9-10H2,1-2H3. The molecule has 3 atom stereocenters. The van der Waals surface area contributed by atoms with Crippen LogP contribution in [-0.4, -0.2) is 23.7 Å². The van der Waals surface area contributed by atoms with Crippen molar-refractivity contribution in [3.63, 3.8) is 0 Å². The van der Waals surface area contributed by atoms with Crippen molar-refractivity contribution in [1.82, 2.24) is 5.32 Å². The van der Waals surface area contributed by atoms with Crippen molar-refractivity contribution in [1.29, 1.82) is 0 Å². The summed E-state index contributed by atoms with van der Waals surface area (Å²) < 4.78 is 5.90. The van der Waals surface area contributed by atoms with Gasteiger partial charge in [-0.1, -0.05) is 26.0 Å². The van der Waals surface area contributed by atoms with Crippen molar-refractivity contribution >= 4 is 5.69 Å². The highest BCUT2D eigenvalue weighted by molar-refractivity contribution is 5.32. The van der Waals surface area contributed by atoms with Gasteiger partial charge in [0.1, 0.15) is 0 Å². The molecule has 5 nitrogen and oxygen atoms in total. The van der Waals surface area contributed by atoms with E-state index in [1.165, 1.54) is 6.42 Å². The number of ether oxygens (including phenoxy) is 1. The van der Waals surface area contributed by atoms with E-state index in [2.05, 4.69) is 19.2 Å². The molecule has 2 aliphatic rings. The van der Waals surface area contributed by atoms with Gasteiger partial charge in [0.25, 0.3) is 5.69 Å². The van der Waals surface area contributed by atoms with Gasteiger partial charge in [0, 0.05) is 42.7 Å². The zero-order valence-electron chi connectivity index (χ0n) is 12.5. The second kappa shape index (κ2) is 5.39. The van der Waals surface area contributed by atoms with Crippen LogP contribution in [-0.2, 0) is 11.3 Å². The van der Waals surface area contributed by atoms with Crippen LogP contribution in [0, 0.1) is 21.4 Å². The molecule has 1 N–H and O–H groups in total. The lowest BCUT2D eigenvalue weighted by molar-refractivity contribution is -0.384. The van der Waals surface area contributed by atoms with Gasteiger partial charge in [0.15, 0.2) is 0 Å². The van der Waals surface area contributed by atoms with E-state index in [0.29, 0.717) is 18.1 Å². The van der Waals surface area contributed by atoms with E-state index in [1.54, 1.807) is 12.1 Å². The Bertz CT molecular complexity index is 527. The summed E-state index contributed by atoms with van der Waals surface area (Å²) in [7, 11) is 0. The van der Waals surface area contributed by atoms with Gasteiger partial charge >= 0.3 is 0 Å². The summed E-state index contributed by atoms with van der Waals surface area (Å²) in [6.07, 6.45) is 2.75. The first-order valence-electron chi connectivity index (χ1n) is 7.58. The molecule has 1 saturated carbocycles. The normalized spacial score (nSPS) is 30.3. The Balaban J connectivity index is 1.61. The van der Waals surface area contributed by atoms with Crippen LogP contribution in [0.3, 0.4) is 0 Å². The molecule has 3 unspecified atom stereocenters. The lowest BCUT2D eigenvalue weighted by Crippen LogP contribution is -2.69. The maximum atomic E-state index is 10.7. The summed E-state index contributed by atoms with van der Waals surface area (Å²) in [5, 5.41) is 14.3. The molecule has 0 radical (unpaired) electrons. The number of nitro groups is 1. The van der Waals surface area contributed by atoms with Crippen LogP contribution >= 0.6 is 0 Å². The van der Waals surface area contributed by atoms with E-state index in [0.717, 1.165) is 25.1 Å². The van der Waals surface area contributed by atoms with Crippen LogP contribution in [0.25, 0.3) is 0 Å². The van der Waals surface area contributed by atoms with Gasteiger partial charge in [-0.3, -0.25) is 10.1 Å². The molecule has 3 rings (SSSR count). The number of non-ortho nitro benzene ring substituents is 1. The Morgan fingerprint density at radius 2 is 2.10 bits per heavy atom. The van der Waals surface area contributed by atoms with Crippen LogP contribution in [0.4, 0.5) is 5.69 Å². The van der Waals surface area contributed by atoms with E-state index in [1.807, 2.05) is 12.1 Å². The summed E-state index contributed by atoms with van der Waals surface area (Å²) in [5.74, 6) is 0.604. The van der Waals surface area contributed by atoms with Crippen molar-refractivity contribution in [3.8, 4) is 0 Å². The first-order chi connectivity index (χ1) is 10.00. The average molecular weight is 290 g/mol. The van der Waals surface area contributed by atoms with E-state index in [9.17, 15) is 10.1 Å². The minimum absolute atomic E-state index is 0.142. The third-order valence-corrected chi connectivity index (χ3v) is 5.00. The number of hydrogen-bond acceptors (Lipinski definition) is 4. The molecular formula is C16H22N2O3. The molecule has 0 spiro atoms. The molecule has 1 saturated heterocycles. The lowest BCUT2D eigenvalue weighted by Gasteiger charge is -2.60. The average Bonchev–Trinajstić information content (AvgIpc) is 2.48. The van der Waals surface area contributed by atoms with Crippen molar-refractivity contribution in [2.75, 3.05) is 6.61 Å². The van der Waals surface area contributed by atoms with Crippen LogP contribution in [0.2, 0.25) is 0 Å². The number of nitrogens with one attached hydrogen (secondary N) is 1. The predicted octanol–water partition coefficient (Wildman–Crippen LogP) is 2.89. The molecule has 1 aromatic rings. The lowest BCUT2D eigenvalue weighted by atomic mass is 9.55. The Morgan fingerprint density at radius 3 is 2.76 bits per heavy atom. The first kappa shape index (κ1) is 14.5. The zero-order chi connectivity index (χ0) is 15.0. The topological polar surface area (TPSA) is 64.4 Å². The third kappa shape index (κ3) is 2.56. The van der Waals surface area contributed by atoms with E-state index < -0.39 is 0 Å². The summed E-state index contributed by atoms with van der Waals surface area (Å²) in [5.41, 5.74) is 1.38. The fourth-order valence-corrected chi connectivity index (χ4v) is 3.90. The molecule has 5 heteroatoms. The molecule has 1 heterocycles. The van der Waals surface area contributed by atoms with E-state index in [4.69, 9.17) is 4.74 Å². The van der Waals surface area contributed by atoms with Gasteiger partial charge in [0.05, 0.1) is 11.0 Å². The quantitative estimate of drug-likeness (QED) is 0.684. The largest absolute Gasteiger partial charge is 0.377 e. The highest BCUT2D eigenvalue weighted by Crippen LogP contribution is 2.51. The number of nitro benzene ring substituents is 1. The van der Waals surface area contributed by atoms with Gasteiger partial charge in [-0.2, -0.15) is 0 Å². The maximum Gasteiger partial charge on any atom is 0.269 e. The number of hydrogen-bond donors (Lipinski definition) is 1. The molecule has 2 fully saturated rings. The summed E-state index contributed by atoms with van der Waals surface area (Å²) >= 11 is 0. The minimum atomic E-state index is -0.365. The Hall–Kier alpha value is -1.46. The van der Waals surface area contributed by atoms with Crippen molar-refractivity contribution in [2.24, 2.45) is 11.3 Å². The Labute approximate surface area is 124 Å². The third-order valence-electron chi connectivity index (χ3n) is 5.00. The predicted molar refractivity (Wildman–Crippen MR) is 80.0 cm³/mol. The van der Waals surface area contributed by atoms with E-state index >= 15 is 0 Å². The van der Waals surface area contributed by atoms with Crippen molar-refractivity contribution < 1.29 is 9.66 Å². The second-order valence-electron chi connectivity index (χ2n) is 6.70. The summed E-state index contributed by atoms with van der Waals surface area (Å²) in [4.78, 5) is 10.3. The van der Waals surface area contributed by atoms with Gasteiger partial charge in [-0.15, -0.1) is 0 Å². The summed E-state index contributed by atoms with van der Waals surface area (Å²) in [6, 6.07) is 7.24. The minimum Gasteiger partial charge on any atom is -0.377 e. The van der Waals surface area contributed by atoms with Gasteiger partial charge in [-0.25, -0.2) is 0 Å².